The van der Waals surface area contributed by atoms with Gasteiger partial charge in [-0.15, -0.1) is 0 Å². The lowest BCUT2D eigenvalue weighted by molar-refractivity contribution is 0.0828. The van der Waals surface area contributed by atoms with Gasteiger partial charge in [0.15, 0.2) is 0 Å². The van der Waals surface area contributed by atoms with Crippen LogP contribution < -0.4 is 5.73 Å². The van der Waals surface area contributed by atoms with Crippen molar-refractivity contribution in [1.82, 2.24) is 9.88 Å². The molecule has 5 heteroatoms. The number of carbonyl (C=O) groups is 2. The lowest BCUT2D eigenvalue weighted by Gasteiger charge is -2.07. The summed E-state index contributed by atoms with van der Waals surface area (Å²) in [6, 6.07) is 1.44. The van der Waals surface area contributed by atoms with E-state index >= 15 is 0 Å². The number of aromatic amines is 1. The molecular weight excluding hydrogens is 170 g/mol. The summed E-state index contributed by atoms with van der Waals surface area (Å²) in [6.45, 7) is 0. The third kappa shape index (κ3) is 1.87. The monoisotopic (exact) mass is 181 g/mol. The van der Waals surface area contributed by atoms with Gasteiger partial charge < -0.3 is 15.6 Å². The van der Waals surface area contributed by atoms with E-state index in [9.17, 15) is 9.59 Å². The summed E-state index contributed by atoms with van der Waals surface area (Å²) in [4.78, 5) is 26.1. The van der Waals surface area contributed by atoms with Gasteiger partial charge in [-0.1, -0.05) is 0 Å². The molecule has 0 aliphatic rings. The highest BCUT2D eigenvalue weighted by atomic mass is 16.2. The Balaban J connectivity index is 2.92. The molecular formula is C8H11N3O2. The third-order valence-corrected chi connectivity index (χ3v) is 1.60. The number of aromatic nitrogens is 1. The van der Waals surface area contributed by atoms with Gasteiger partial charge in [-0.05, 0) is 6.07 Å². The number of carbonyl (C=O) groups excluding carboxylic acids is 2. The highest BCUT2D eigenvalue weighted by Gasteiger charge is 2.11. The summed E-state index contributed by atoms with van der Waals surface area (Å²) < 4.78 is 0. The Morgan fingerprint density at radius 3 is 2.46 bits per heavy atom. The zero-order valence-electron chi connectivity index (χ0n) is 7.50. The molecule has 2 amide bonds. The molecule has 0 saturated carbocycles. The highest BCUT2D eigenvalue weighted by molar-refractivity contribution is 5.98. The molecule has 0 fully saturated rings. The van der Waals surface area contributed by atoms with E-state index in [0.29, 0.717) is 5.56 Å². The van der Waals surface area contributed by atoms with Crippen molar-refractivity contribution < 1.29 is 9.59 Å². The highest BCUT2D eigenvalue weighted by Crippen LogP contribution is 2.04. The van der Waals surface area contributed by atoms with Gasteiger partial charge in [-0.2, -0.15) is 0 Å². The Hall–Kier alpha value is -1.78. The smallest absolute Gasteiger partial charge is 0.265 e. The number of hydrogen-bond donors (Lipinski definition) is 2. The summed E-state index contributed by atoms with van der Waals surface area (Å²) in [5.41, 5.74) is 5.68. The van der Waals surface area contributed by atoms with Crippen LogP contribution in [-0.2, 0) is 0 Å². The Morgan fingerprint density at radius 1 is 1.46 bits per heavy atom. The maximum Gasteiger partial charge on any atom is 0.265 e. The number of amides is 2. The average Bonchev–Trinajstić information content (AvgIpc) is 2.50. The van der Waals surface area contributed by atoms with Gasteiger partial charge in [0, 0.05) is 20.3 Å². The maximum absolute atomic E-state index is 11.3. The second kappa shape index (κ2) is 3.30. The van der Waals surface area contributed by atoms with Crippen molar-refractivity contribution in [1.29, 1.82) is 0 Å². The van der Waals surface area contributed by atoms with Gasteiger partial charge in [-0.25, -0.2) is 0 Å². The van der Waals surface area contributed by atoms with E-state index in [1.807, 2.05) is 0 Å². The van der Waals surface area contributed by atoms with Gasteiger partial charge in [0.25, 0.3) is 11.8 Å². The van der Waals surface area contributed by atoms with E-state index in [1.54, 1.807) is 14.1 Å². The number of nitrogens with two attached hydrogens (primary N) is 1. The molecule has 0 radical (unpaired) electrons. The van der Waals surface area contributed by atoms with Crippen LogP contribution in [0.2, 0.25) is 0 Å². The Morgan fingerprint density at radius 2 is 2.08 bits per heavy atom. The first-order valence-corrected chi connectivity index (χ1v) is 3.72. The molecule has 1 aromatic rings. The van der Waals surface area contributed by atoms with Gasteiger partial charge in [-0.3, -0.25) is 9.59 Å². The van der Waals surface area contributed by atoms with Gasteiger partial charge in [0.2, 0.25) is 0 Å². The maximum atomic E-state index is 11.3. The first kappa shape index (κ1) is 9.31. The van der Waals surface area contributed by atoms with Crippen molar-refractivity contribution in [2.75, 3.05) is 14.1 Å². The van der Waals surface area contributed by atoms with Crippen LogP contribution in [0.3, 0.4) is 0 Å². The van der Waals surface area contributed by atoms with Crippen molar-refractivity contribution in [2.45, 2.75) is 0 Å². The second-order valence-corrected chi connectivity index (χ2v) is 2.87. The molecule has 1 heterocycles. The zero-order chi connectivity index (χ0) is 10.0. The van der Waals surface area contributed by atoms with E-state index < -0.39 is 5.91 Å². The van der Waals surface area contributed by atoms with Crippen molar-refractivity contribution in [2.24, 2.45) is 5.73 Å². The average molecular weight is 181 g/mol. The van der Waals surface area contributed by atoms with E-state index in [1.165, 1.54) is 17.2 Å². The molecule has 0 unspecified atom stereocenters. The van der Waals surface area contributed by atoms with Crippen LogP contribution in [0.4, 0.5) is 0 Å². The number of nitrogens with one attached hydrogen (secondary N) is 1. The zero-order valence-corrected chi connectivity index (χ0v) is 7.50. The number of H-pyrrole nitrogens is 1. The lowest BCUT2D eigenvalue weighted by Crippen LogP contribution is -2.21. The van der Waals surface area contributed by atoms with E-state index in [0.717, 1.165) is 0 Å². The van der Waals surface area contributed by atoms with Gasteiger partial charge >= 0.3 is 0 Å². The van der Waals surface area contributed by atoms with Crippen LogP contribution in [0.1, 0.15) is 20.8 Å². The van der Waals surface area contributed by atoms with Crippen molar-refractivity contribution >= 4 is 11.8 Å². The molecule has 0 saturated heterocycles. The lowest BCUT2D eigenvalue weighted by atomic mass is 10.3. The Bertz CT molecular complexity index is 341. The number of hydrogen-bond acceptors (Lipinski definition) is 2. The molecule has 3 N–H and O–H groups in total. The summed E-state index contributed by atoms with van der Waals surface area (Å²) in [5.74, 6) is -0.735. The first-order valence-electron chi connectivity index (χ1n) is 3.72. The van der Waals surface area contributed by atoms with Crippen LogP contribution in [-0.4, -0.2) is 35.8 Å². The predicted octanol–water partition coefficient (Wildman–Crippen LogP) is -0.185. The van der Waals surface area contributed by atoms with E-state index in [-0.39, 0.29) is 11.6 Å². The van der Waals surface area contributed by atoms with Crippen LogP contribution >= 0.6 is 0 Å². The number of rotatable bonds is 2. The second-order valence-electron chi connectivity index (χ2n) is 2.87. The molecule has 70 valence electrons. The molecule has 13 heavy (non-hydrogen) atoms. The largest absolute Gasteiger partial charge is 0.364 e. The molecule has 0 atom stereocenters. The fourth-order valence-electron chi connectivity index (χ4n) is 0.918. The molecule has 0 aliphatic carbocycles. The molecule has 0 bridgehead atoms. The first-order chi connectivity index (χ1) is 6.02. The quantitative estimate of drug-likeness (QED) is 0.663. The molecule has 0 aromatic carbocycles. The minimum Gasteiger partial charge on any atom is -0.364 e. The normalized spacial score (nSPS) is 9.69. The van der Waals surface area contributed by atoms with Crippen molar-refractivity contribution in [3.05, 3.63) is 23.5 Å². The van der Waals surface area contributed by atoms with Crippen LogP contribution in [0.25, 0.3) is 0 Å². The molecule has 1 aromatic heterocycles. The van der Waals surface area contributed by atoms with Crippen molar-refractivity contribution in [3.8, 4) is 0 Å². The fraction of sp³-hybridized carbons (Fsp3) is 0.250. The van der Waals surface area contributed by atoms with Crippen LogP contribution in [0, 0.1) is 0 Å². The third-order valence-electron chi connectivity index (χ3n) is 1.60. The van der Waals surface area contributed by atoms with E-state index in [4.69, 9.17) is 5.73 Å². The molecule has 0 aliphatic heterocycles. The molecule has 0 spiro atoms. The van der Waals surface area contributed by atoms with E-state index in [2.05, 4.69) is 4.98 Å². The Kier molecular flexibility index (Phi) is 2.36. The van der Waals surface area contributed by atoms with Crippen LogP contribution in [0.15, 0.2) is 12.3 Å². The minimum atomic E-state index is -0.571. The summed E-state index contributed by atoms with van der Waals surface area (Å²) in [5, 5.41) is 0. The number of nitrogens with zero attached hydrogens (tertiary/aromatic N) is 1. The standard InChI is InChI=1S/C8H11N3O2/c1-11(2)8(13)5-3-6(7(9)12)10-4-5/h3-4,10H,1-2H3,(H2,9,12). The summed E-state index contributed by atoms with van der Waals surface area (Å²) >= 11 is 0. The van der Waals surface area contributed by atoms with Gasteiger partial charge in [0.05, 0.1) is 5.56 Å². The number of primary amides is 1. The topological polar surface area (TPSA) is 79.2 Å². The molecule has 5 nitrogen and oxygen atoms in total. The summed E-state index contributed by atoms with van der Waals surface area (Å²) in [7, 11) is 3.28. The summed E-state index contributed by atoms with van der Waals surface area (Å²) in [6.07, 6.45) is 1.46. The van der Waals surface area contributed by atoms with Gasteiger partial charge in [0.1, 0.15) is 5.69 Å². The molecule has 1 rings (SSSR count). The SMILES string of the molecule is CN(C)C(=O)c1c[nH]c(C(N)=O)c1. The van der Waals surface area contributed by atoms with Crippen LogP contribution in [0.5, 0.6) is 0 Å². The predicted molar refractivity (Wildman–Crippen MR) is 47.3 cm³/mol. The Labute approximate surface area is 75.5 Å². The van der Waals surface area contributed by atoms with Crippen molar-refractivity contribution in [3.63, 3.8) is 0 Å². The minimum absolute atomic E-state index is 0.163. The fourth-order valence-corrected chi connectivity index (χ4v) is 0.918.